The van der Waals surface area contributed by atoms with Crippen LogP contribution in [-0.4, -0.2) is 5.78 Å². The lowest BCUT2D eigenvalue weighted by Crippen LogP contribution is -2.29. The number of benzene rings is 1. The molecule has 0 bridgehead atoms. The topological polar surface area (TPSA) is 17.1 Å². The number of rotatable bonds is 3. The lowest BCUT2D eigenvalue weighted by molar-refractivity contribution is -0.114. The molecule has 1 atom stereocenters. The van der Waals surface area contributed by atoms with E-state index >= 15 is 0 Å². The summed E-state index contributed by atoms with van der Waals surface area (Å²) in [5, 5.41) is 0. The molecular weight excluding hydrogens is 280 g/mol. The van der Waals surface area contributed by atoms with Crippen molar-refractivity contribution < 1.29 is 4.79 Å². The van der Waals surface area contributed by atoms with Crippen LogP contribution in [0.5, 0.6) is 0 Å². The molecule has 0 saturated heterocycles. The minimum Gasteiger partial charge on any atom is -0.289 e. The van der Waals surface area contributed by atoms with E-state index in [0.29, 0.717) is 0 Å². The Bertz CT molecular complexity index is 676. The first-order chi connectivity index (χ1) is 10.6. The highest BCUT2D eigenvalue weighted by Gasteiger charge is 2.36. The Morgan fingerprint density at radius 3 is 1.96 bits per heavy atom. The summed E-state index contributed by atoms with van der Waals surface area (Å²) in [5.74, 6) is 0.294. The molecule has 1 aromatic carbocycles. The summed E-state index contributed by atoms with van der Waals surface area (Å²) in [7, 11) is 0. The van der Waals surface area contributed by atoms with Gasteiger partial charge in [0.1, 0.15) is 0 Å². The quantitative estimate of drug-likeness (QED) is 0.648. The first-order valence-electron chi connectivity index (χ1n) is 8.26. The molecule has 1 aliphatic carbocycles. The molecule has 1 nitrogen and oxygen atoms in total. The Kier molecular flexibility index (Phi) is 4.52. The van der Waals surface area contributed by atoms with Crippen LogP contribution >= 0.6 is 0 Å². The molecule has 2 rings (SSSR count). The van der Waals surface area contributed by atoms with E-state index in [2.05, 4.69) is 84.5 Å². The second-order valence-corrected chi connectivity index (χ2v) is 8.10. The molecule has 0 fully saturated rings. The van der Waals surface area contributed by atoms with Crippen LogP contribution in [0.25, 0.3) is 0 Å². The molecular formula is C22H28O. The molecule has 1 heteroatoms. The highest BCUT2D eigenvalue weighted by molar-refractivity contribution is 6.11. The van der Waals surface area contributed by atoms with E-state index in [0.717, 1.165) is 11.1 Å². The van der Waals surface area contributed by atoms with E-state index in [4.69, 9.17) is 0 Å². The Hall–Kier alpha value is -1.89. The second kappa shape index (κ2) is 5.96. The maximum Gasteiger partial charge on any atom is 0.185 e. The van der Waals surface area contributed by atoms with Crippen molar-refractivity contribution in [1.29, 1.82) is 0 Å². The Balaban J connectivity index is 2.59. The van der Waals surface area contributed by atoms with Crippen LogP contribution in [0.15, 0.2) is 60.2 Å². The third kappa shape index (κ3) is 3.55. The van der Waals surface area contributed by atoms with Gasteiger partial charge in [-0.15, -0.1) is 6.58 Å². The van der Waals surface area contributed by atoms with E-state index in [1.54, 1.807) is 0 Å². The van der Waals surface area contributed by atoms with Gasteiger partial charge < -0.3 is 0 Å². The van der Waals surface area contributed by atoms with Crippen molar-refractivity contribution in [3.8, 4) is 0 Å². The van der Waals surface area contributed by atoms with Gasteiger partial charge in [0.05, 0.1) is 0 Å². The van der Waals surface area contributed by atoms with Gasteiger partial charge in [-0.1, -0.05) is 82.7 Å². The summed E-state index contributed by atoms with van der Waals surface area (Å²) < 4.78 is 0. The van der Waals surface area contributed by atoms with Crippen LogP contribution in [0.2, 0.25) is 0 Å². The van der Waals surface area contributed by atoms with Crippen molar-refractivity contribution in [2.75, 3.05) is 0 Å². The van der Waals surface area contributed by atoms with Gasteiger partial charge in [-0.05, 0) is 17.9 Å². The van der Waals surface area contributed by atoms with Crippen molar-refractivity contribution in [2.45, 2.75) is 47.5 Å². The monoisotopic (exact) mass is 308 g/mol. The molecule has 0 aliphatic heterocycles. The first kappa shape index (κ1) is 17.5. The van der Waals surface area contributed by atoms with Crippen LogP contribution in [0.4, 0.5) is 0 Å². The molecule has 1 aromatic rings. The number of Topliss-reactive ketones (excluding diaryl/α,β-unsaturated/α-hetero) is 1. The number of carbonyl (C=O) groups is 1. The van der Waals surface area contributed by atoms with E-state index in [9.17, 15) is 4.79 Å². The van der Waals surface area contributed by atoms with Gasteiger partial charge in [-0.3, -0.25) is 4.79 Å². The zero-order valence-electron chi connectivity index (χ0n) is 15.2. The van der Waals surface area contributed by atoms with Gasteiger partial charge in [-0.2, -0.15) is 0 Å². The minimum atomic E-state index is -0.329. The molecule has 0 saturated carbocycles. The molecule has 1 aliphatic rings. The molecule has 0 heterocycles. The molecule has 122 valence electrons. The number of hydrogen-bond acceptors (Lipinski definition) is 1. The molecule has 0 aromatic heterocycles. The van der Waals surface area contributed by atoms with Crippen molar-refractivity contribution in [2.24, 2.45) is 10.8 Å². The molecule has 1 unspecified atom stereocenters. The third-order valence-electron chi connectivity index (χ3n) is 4.66. The van der Waals surface area contributed by atoms with Gasteiger partial charge in [0.2, 0.25) is 0 Å². The maximum atomic E-state index is 13.0. The number of carbonyl (C=O) groups excluding carboxylic acids is 1. The van der Waals surface area contributed by atoms with Gasteiger partial charge in [0.15, 0.2) is 5.78 Å². The standard InChI is InChI=1S/C22H28O/c1-8-22(6,7)19-14-17(16-11-9-15(2)10-12-16)13-18(20(19)23)21(3,4)5/h8-14,17H,1H2,2-7H3. The third-order valence-corrected chi connectivity index (χ3v) is 4.66. The van der Waals surface area contributed by atoms with Crippen LogP contribution < -0.4 is 0 Å². The summed E-state index contributed by atoms with van der Waals surface area (Å²) in [5.41, 5.74) is 3.72. The summed E-state index contributed by atoms with van der Waals surface area (Å²) >= 11 is 0. The average Bonchev–Trinajstić information content (AvgIpc) is 2.47. The summed E-state index contributed by atoms with van der Waals surface area (Å²) in [4.78, 5) is 13.0. The van der Waals surface area contributed by atoms with Gasteiger partial charge >= 0.3 is 0 Å². The number of ketones is 1. The fourth-order valence-electron chi connectivity index (χ4n) is 2.89. The Labute approximate surface area is 140 Å². The van der Waals surface area contributed by atoms with Gasteiger partial charge in [0, 0.05) is 22.5 Å². The summed E-state index contributed by atoms with van der Waals surface area (Å²) in [6.07, 6.45) is 6.12. The molecule has 0 amide bonds. The fourth-order valence-corrected chi connectivity index (χ4v) is 2.89. The number of hydrogen-bond donors (Lipinski definition) is 0. The van der Waals surface area contributed by atoms with Crippen LogP contribution in [0.1, 0.15) is 51.7 Å². The number of aryl methyl sites for hydroxylation is 1. The van der Waals surface area contributed by atoms with Crippen molar-refractivity contribution in [3.63, 3.8) is 0 Å². The van der Waals surface area contributed by atoms with E-state index in [-0.39, 0.29) is 22.5 Å². The highest BCUT2D eigenvalue weighted by atomic mass is 16.1. The molecule has 0 radical (unpaired) electrons. The second-order valence-electron chi connectivity index (χ2n) is 8.10. The average molecular weight is 308 g/mol. The van der Waals surface area contributed by atoms with Crippen molar-refractivity contribution >= 4 is 5.78 Å². The van der Waals surface area contributed by atoms with Crippen LogP contribution in [0, 0.1) is 17.8 Å². The lowest BCUT2D eigenvalue weighted by Gasteiger charge is -2.33. The lowest BCUT2D eigenvalue weighted by atomic mass is 9.69. The fraction of sp³-hybridized carbons (Fsp3) is 0.409. The van der Waals surface area contributed by atoms with Gasteiger partial charge in [-0.25, -0.2) is 0 Å². The molecule has 23 heavy (non-hydrogen) atoms. The predicted octanol–water partition coefficient (Wildman–Crippen LogP) is 5.77. The largest absolute Gasteiger partial charge is 0.289 e. The molecule has 0 N–H and O–H groups in total. The normalized spacial score (nSPS) is 19.2. The van der Waals surface area contributed by atoms with Gasteiger partial charge in [0.25, 0.3) is 0 Å². The van der Waals surface area contributed by atoms with Crippen LogP contribution in [0.3, 0.4) is 0 Å². The van der Waals surface area contributed by atoms with E-state index in [1.165, 1.54) is 11.1 Å². The highest BCUT2D eigenvalue weighted by Crippen LogP contribution is 2.42. The van der Waals surface area contributed by atoms with E-state index in [1.807, 2.05) is 6.08 Å². The minimum absolute atomic E-state index is 0.136. The molecule has 0 spiro atoms. The summed E-state index contributed by atoms with van der Waals surface area (Å²) in [6, 6.07) is 8.56. The predicted molar refractivity (Wildman–Crippen MR) is 98.5 cm³/mol. The van der Waals surface area contributed by atoms with Crippen molar-refractivity contribution in [1.82, 2.24) is 0 Å². The Morgan fingerprint density at radius 1 is 0.957 bits per heavy atom. The summed E-state index contributed by atoms with van der Waals surface area (Å²) in [6.45, 7) is 16.4. The number of allylic oxidation sites excluding steroid dienone is 5. The van der Waals surface area contributed by atoms with Crippen molar-refractivity contribution in [3.05, 3.63) is 71.3 Å². The zero-order valence-corrected chi connectivity index (χ0v) is 15.2. The first-order valence-corrected chi connectivity index (χ1v) is 8.26. The smallest absolute Gasteiger partial charge is 0.185 e. The Morgan fingerprint density at radius 2 is 1.48 bits per heavy atom. The maximum absolute atomic E-state index is 13.0. The van der Waals surface area contributed by atoms with E-state index < -0.39 is 0 Å². The zero-order chi connectivity index (χ0) is 17.4. The SMILES string of the molecule is C=CC(C)(C)C1=CC(c2ccc(C)cc2)C=C(C(C)(C)C)C1=O. The van der Waals surface area contributed by atoms with Crippen LogP contribution in [-0.2, 0) is 4.79 Å².